The summed E-state index contributed by atoms with van der Waals surface area (Å²) in [6.45, 7) is 24.0. The highest BCUT2D eigenvalue weighted by Gasteiger charge is 2.61. The van der Waals surface area contributed by atoms with Gasteiger partial charge < -0.3 is 5.32 Å². The van der Waals surface area contributed by atoms with E-state index in [4.69, 9.17) is 0 Å². The molecule has 1 amide bonds. The van der Waals surface area contributed by atoms with Gasteiger partial charge in [0.15, 0.2) is 11.6 Å². The fraction of sp³-hybridized carbons (Fsp3) is 0.784. The molecule has 0 aromatic carbocycles. The van der Waals surface area contributed by atoms with Crippen LogP contribution in [-0.2, 0) is 14.4 Å². The maximum atomic E-state index is 13.3. The van der Waals surface area contributed by atoms with E-state index in [9.17, 15) is 19.6 Å². The lowest BCUT2D eigenvalue weighted by Crippen LogP contribution is -2.55. The first-order valence-corrected chi connectivity index (χ1v) is 16.3. The summed E-state index contributed by atoms with van der Waals surface area (Å²) in [7, 11) is 1.71. The summed E-state index contributed by atoms with van der Waals surface area (Å²) >= 11 is 0. The molecule has 1 saturated carbocycles. The Hall–Kier alpha value is -2.22. The van der Waals surface area contributed by atoms with Crippen LogP contribution in [0.15, 0.2) is 23.3 Å². The van der Waals surface area contributed by atoms with Crippen LogP contribution >= 0.6 is 0 Å². The Bertz CT molecular complexity index is 1150. The largest absolute Gasteiger partial charge is 0.359 e. The number of rotatable bonds is 13. The van der Waals surface area contributed by atoms with Crippen LogP contribution in [0, 0.1) is 49.7 Å². The van der Waals surface area contributed by atoms with Gasteiger partial charge in [-0.25, -0.2) is 0 Å². The topological polar surface area (TPSA) is 87.0 Å². The highest BCUT2D eigenvalue weighted by molar-refractivity contribution is 6.04. The molecule has 0 aromatic heterocycles. The summed E-state index contributed by atoms with van der Waals surface area (Å²) in [5, 5.41) is 12.7. The number of Topliss-reactive ketones (excluding diaryl/α,β-unsaturated/α-hetero) is 1. The molecule has 4 atom stereocenters. The predicted molar refractivity (Wildman–Crippen MR) is 173 cm³/mol. The number of carbonyl (C=O) groups excluding carboxylic acids is 3. The molecule has 0 radical (unpaired) electrons. The van der Waals surface area contributed by atoms with Crippen LogP contribution in [0.3, 0.4) is 0 Å². The number of amides is 1. The van der Waals surface area contributed by atoms with E-state index in [1.54, 1.807) is 14.0 Å². The molecular weight excluding hydrogens is 520 g/mol. The van der Waals surface area contributed by atoms with Crippen molar-refractivity contribution < 1.29 is 14.4 Å². The molecule has 0 saturated heterocycles. The van der Waals surface area contributed by atoms with Gasteiger partial charge in [-0.1, -0.05) is 87.3 Å². The van der Waals surface area contributed by atoms with E-state index in [-0.39, 0.29) is 50.6 Å². The quantitative estimate of drug-likeness (QED) is 0.220. The van der Waals surface area contributed by atoms with E-state index < -0.39 is 10.8 Å². The molecule has 2 rings (SSSR count). The van der Waals surface area contributed by atoms with Crippen molar-refractivity contribution in [3.8, 4) is 6.07 Å². The minimum Gasteiger partial charge on any atom is -0.359 e. The van der Waals surface area contributed by atoms with E-state index in [1.807, 2.05) is 26.0 Å². The van der Waals surface area contributed by atoms with Crippen LogP contribution in [0.2, 0.25) is 0 Å². The smallest absolute Gasteiger partial charge is 0.219 e. The predicted octanol–water partition coefficient (Wildman–Crippen LogP) is 8.93. The number of nitriles is 1. The third-order valence-electron chi connectivity index (χ3n) is 11.9. The molecule has 5 heteroatoms. The van der Waals surface area contributed by atoms with Crippen molar-refractivity contribution in [2.24, 2.45) is 38.4 Å². The Labute approximate surface area is 257 Å². The Morgan fingerprint density at radius 2 is 1.62 bits per heavy atom. The molecule has 2 aliphatic carbocycles. The summed E-state index contributed by atoms with van der Waals surface area (Å²) in [4.78, 5) is 38.4. The number of carbonyl (C=O) groups is 3. The molecule has 0 unspecified atom stereocenters. The first-order chi connectivity index (χ1) is 19.1. The Kier molecular flexibility index (Phi) is 11.0. The second-order valence-electron chi connectivity index (χ2n) is 16.4. The third kappa shape index (κ3) is 7.28. The van der Waals surface area contributed by atoms with Crippen molar-refractivity contribution in [1.82, 2.24) is 5.32 Å². The van der Waals surface area contributed by atoms with E-state index in [0.29, 0.717) is 6.42 Å². The summed E-state index contributed by atoms with van der Waals surface area (Å²) in [5.74, 6) is 0.0231. The van der Waals surface area contributed by atoms with Crippen LogP contribution in [0.4, 0.5) is 0 Å². The maximum Gasteiger partial charge on any atom is 0.219 e. The number of ketones is 2. The first-order valence-electron chi connectivity index (χ1n) is 16.3. The fourth-order valence-electron chi connectivity index (χ4n) is 8.36. The first kappa shape index (κ1) is 36.0. The second-order valence-corrected chi connectivity index (χ2v) is 16.4. The van der Waals surface area contributed by atoms with Gasteiger partial charge in [0, 0.05) is 24.3 Å². The van der Waals surface area contributed by atoms with Gasteiger partial charge in [-0.3, -0.25) is 14.4 Å². The molecule has 5 nitrogen and oxygen atoms in total. The Morgan fingerprint density at radius 1 is 1.02 bits per heavy atom. The van der Waals surface area contributed by atoms with Crippen LogP contribution in [-0.4, -0.2) is 24.5 Å². The van der Waals surface area contributed by atoms with Crippen molar-refractivity contribution in [1.29, 1.82) is 5.26 Å². The fourth-order valence-corrected chi connectivity index (χ4v) is 8.36. The summed E-state index contributed by atoms with van der Waals surface area (Å²) in [6.07, 6.45) is 13.3. The van der Waals surface area contributed by atoms with Crippen molar-refractivity contribution >= 4 is 17.5 Å². The van der Waals surface area contributed by atoms with E-state index in [1.165, 1.54) is 12.8 Å². The molecule has 0 heterocycles. The van der Waals surface area contributed by atoms with Crippen LogP contribution in [0.25, 0.3) is 0 Å². The van der Waals surface area contributed by atoms with Gasteiger partial charge >= 0.3 is 0 Å². The lowest BCUT2D eigenvalue weighted by Gasteiger charge is -2.61. The van der Waals surface area contributed by atoms with Gasteiger partial charge in [-0.15, -0.1) is 0 Å². The molecule has 0 aliphatic heterocycles. The van der Waals surface area contributed by atoms with Gasteiger partial charge in [0.1, 0.15) is 6.07 Å². The van der Waals surface area contributed by atoms with Gasteiger partial charge in [0.2, 0.25) is 5.91 Å². The summed E-state index contributed by atoms with van der Waals surface area (Å²) in [5.41, 5.74) is -0.151. The highest BCUT2D eigenvalue weighted by Crippen LogP contribution is 2.67. The molecule has 1 fully saturated rings. The van der Waals surface area contributed by atoms with Gasteiger partial charge in [0.25, 0.3) is 0 Å². The minimum atomic E-state index is -0.681. The van der Waals surface area contributed by atoms with E-state index in [2.05, 4.69) is 66.8 Å². The zero-order valence-corrected chi connectivity index (χ0v) is 29.0. The van der Waals surface area contributed by atoms with E-state index >= 15 is 0 Å². The number of nitrogens with one attached hydrogen (secondary N) is 1. The number of nitrogens with zero attached hydrogens (tertiary/aromatic N) is 1. The van der Waals surface area contributed by atoms with Crippen LogP contribution in [0.5, 0.6) is 0 Å². The SMILES string of the molecule is CCCC(C)(C)CC[C@](C)(CCC(=O)NC)CCC(C)(C)[C@]1(C)CC[C@H]2C(C)(C)C(=O)C(C#N)=C[C@]2(C)/C1=C/C(C)=O. The molecule has 42 heavy (non-hydrogen) atoms. The molecule has 2 aliphatic rings. The molecule has 0 bridgehead atoms. The zero-order chi connectivity index (χ0) is 32.4. The molecule has 0 spiro atoms. The number of fused-ring (bicyclic) bond motifs is 1. The van der Waals surface area contributed by atoms with Crippen molar-refractivity contribution in [3.63, 3.8) is 0 Å². The molecule has 236 valence electrons. The maximum absolute atomic E-state index is 13.3. The molecule has 1 N–H and O–H groups in total. The summed E-state index contributed by atoms with van der Waals surface area (Å²) < 4.78 is 0. The summed E-state index contributed by atoms with van der Waals surface area (Å²) in [6, 6.07) is 2.18. The minimum absolute atomic E-state index is 0.00378. The monoisotopic (exact) mass is 580 g/mol. The molecule has 0 aromatic rings. The Morgan fingerprint density at radius 3 is 2.14 bits per heavy atom. The average molecular weight is 581 g/mol. The zero-order valence-electron chi connectivity index (χ0n) is 29.0. The standard InChI is InChI=1S/C37H60N2O3/c1-13-16-32(3,4)19-21-35(9,17-15-30(41)39-12)22-20-33(5,6)37(11)18-14-28-34(7,8)31(42)27(25-38)24-36(28,10)29(37)23-26(2)40/h23-24,28H,13-22H2,1-12H3,(H,39,41)/b29-23-/t28-,35-,36-,37+/m0/s1. The molecular formula is C37H60N2O3. The van der Waals surface area contributed by atoms with Gasteiger partial charge in [-0.2, -0.15) is 5.26 Å². The van der Waals surface area contributed by atoms with Crippen molar-refractivity contribution in [3.05, 3.63) is 23.3 Å². The number of hydrogen-bond donors (Lipinski definition) is 1. The lowest BCUT2D eigenvalue weighted by atomic mass is 9.42. The normalized spacial score (nSPS) is 28.4. The van der Waals surface area contributed by atoms with Crippen LogP contribution in [0.1, 0.15) is 140 Å². The highest BCUT2D eigenvalue weighted by atomic mass is 16.1. The second kappa shape index (κ2) is 12.8. The van der Waals surface area contributed by atoms with Crippen molar-refractivity contribution in [2.45, 2.75) is 140 Å². The third-order valence-corrected chi connectivity index (χ3v) is 11.9. The van der Waals surface area contributed by atoms with Gasteiger partial charge in [0.05, 0.1) is 5.57 Å². The van der Waals surface area contributed by atoms with Crippen molar-refractivity contribution in [2.75, 3.05) is 7.05 Å². The van der Waals surface area contributed by atoms with E-state index in [0.717, 1.165) is 50.5 Å². The Balaban J connectivity index is 2.52. The lowest BCUT2D eigenvalue weighted by molar-refractivity contribution is -0.131. The average Bonchev–Trinajstić information content (AvgIpc) is 2.89. The number of hydrogen-bond acceptors (Lipinski definition) is 4. The number of allylic oxidation sites excluding steroid dienone is 4. The van der Waals surface area contributed by atoms with Gasteiger partial charge in [-0.05, 0) is 91.9 Å². The van der Waals surface area contributed by atoms with Crippen LogP contribution < -0.4 is 5.32 Å².